The van der Waals surface area contributed by atoms with E-state index < -0.39 is 98.8 Å². The molecule has 3 atom stereocenters. The van der Waals surface area contributed by atoms with E-state index in [1.165, 1.54) is 0 Å². The standard InChI is InChI=1S/C25H29F4N3O12P2/c26-24(27,45(39,40)41)15-5-1-13(2-6-15)11-18(31-21(35)17(30)9-10-20(33)34)22(36)32-19(23(37)38)12-14-3-7-16(8-4-14)25(28,29)46(42,43)44/h1-8,17-19H,9-12,30H2,(H,31,35)(H,32,36)(H,33,34)(H,37,38)(H2,39,40,41)(H2,42,43,44)/t17-,18-,19-/m0/s1. The summed E-state index contributed by atoms with van der Waals surface area (Å²) in [5.41, 5.74) is -5.48. The summed E-state index contributed by atoms with van der Waals surface area (Å²) in [7, 11) is -11.8. The molecule has 15 nitrogen and oxygen atoms in total. The smallest absolute Gasteiger partial charge is 0.399 e. The summed E-state index contributed by atoms with van der Waals surface area (Å²) in [5, 5.41) is 22.8. The van der Waals surface area contributed by atoms with Crippen LogP contribution in [0.5, 0.6) is 0 Å². The third kappa shape index (κ3) is 9.90. The molecule has 0 radical (unpaired) electrons. The molecule has 0 fully saturated rings. The first-order valence-electron chi connectivity index (χ1n) is 12.8. The number of amides is 2. The van der Waals surface area contributed by atoms with E-state index in [0.717, 1.165) is 24.3 Å². The molecule has 0 aromatic heterocycles. The quantitative estimate of drug-likeness (QED) is 0.0880. The minimum Gasteiger partial charge on any atom is -0.481 e. The van der Waals surface area contributed by atoms with Crippen LogP contribution >= 0.6 is 15.2 Å². The highest BCUT2D eigenvalue weighted by Crippen LogP contribution is 2.60. The van der Waals surface area contributed by atoms with Gasteiger partial charge in [0, 0.05) is 30.4 Å². The Morgan fingerprint density at radius 2 is 1.07 bits per heavy atom. The Bertz CT molecular complexity index is 1530. The molecule has 2 aromatic carbocycles. The van der Waals surface area contributed by atoms with Gasteiger partial charge in [0.25, 0.3) is 0 Å². The number of carbonyl (C=O) groups excluding carboxylic acids is 2. The molecule has 10 N–H and O–H groups in total. The molecular weight excluding hydrogens is 672 g/mol. The molecule has 0 spiro atoms. The van der Waals surface area contributed by atoms with Gasteiger partial charge in [0.2, 0.25) is 11.8 Å². The minimum atomic E-state index is -5.90. The van der Waals surface area contributed by atoms with Gasteiger partial charge in [-0.2, -0.15) is 17.6 Å². The van der Waals surface area contributed by atoms with E-state index in [4.69, 9.17) is 30.4 Å². The molecule has 0 aliphatic carbocycles. The number of rotatable bonds is 16. The maximum atomic E-state index is 14.0. The summed E-state index contributed by atoms with van der Waals surface area (Å²) in [6.07, 6.45) is -1.95. The van der Waals surface area contributed by atoms with Crippen molar-refractivity contribution >= 4 is 38.9 Å². The Balaban J connectivity index is 2.32. The van der Waals surface area contributed by atoms with Crippen LogP contribution in [0.15, 0.2) is 48.5 Å². The lowest BCUT2D eigenvalue weighted by Crippen LogP contribution is -2.55. The van der Waals surface area contributed by atoms with E-state index in [1.54, 1.807) is 0 Å². The SMILES string of the molecule is N[C@@H](CCC(=O)O)C(=O)N[C@@H](Cc1ccc(C(F)(F)P(=O)(O)O)cc1)C(=O)N[C@@H](Cc1ccc(C(F)(F)P(=O)(O)O)cc1)C(=O)O. The monoisotopic (exact) mass is 701 g/mol. The molecule has 0 saturated heterocycles. The van der Waals surface area contributed by atoms with E-state index in [-0.39, 0.29) is 17.5 Å². The second-order valence-electron chi connectivity index (χ2n) is 9.97. The van der Waals surface area contributed by atoms with Gasteiger partial charge < -0.3 is 46.2 Å². The summed E-state index contributed by atoms with van der Waals surface area (Å²) in [6, 6.07) is 1.52. The van der Waals surface area contributed by atoms with Crippen LogP contribution in [0.2, 0.25) is 0 Å². The van der Waals surface area contributed by atoms with Crippen LogP contribution in [0, 0.1) is 0 Å². The predicted octanol–water partition coefficient (Wildman–Crippen LogP) is 1.17. The van der Waals surface area contributed by atoms with E-state index in [2.05, 4.69) is 10.6 Å². The number of carboxylic acid groups (broad SMARTS) is 2. The van der Waals surface area contributed by atoms with Crippen LogP contribution in [0.3, 0.4) is 0 Å². The highest BCUT2D eigenvalue weighted by atomic mass is 31.2. The van der Waals surface area contributed by atoms with Gasteiger partial charge in [-0.1, -0.05) is 48.5 Å². The number of hydrogen-bond acceptors (Lipinski definition) is 7. The molecule has 0 aliphatic rings. The first-order chi connectivity index (χ1) is 21.0. The molecule has 2 rings (SSSR count). The number of alkyl halides is 4. The fourth-order valence-corrected chi connectivity index (χ4v) is 4.83. The van der Waals surface area contributed by atoms with Gasteiger partial charge in [0.15, 0.2) is 0 Å². The number of carboxylic acids is 2. The summed E-state index contributed by atoms with van der Waals surface area (Å²) in [4.78, 5) is 84.2. The fourth-order valence-electron chi connectivity index (χ4n) is 3.86. The van der Waals surface area contributed by atoms with Crippen molar-refractivity contribution in [3.8, 4) is 0 Å². The predicted molar refractivity (Wildman–Crippen MR) is 149 cm³/mol. The number of halogens is 4. The van der Waals surface area contributed by atoms with E-state index >= 15 is 0 Å². The van der Waals surface area contributed by atoms with E-state index in [1.807, 2.05) is 0 Å². The van der Waals surface area contributed by atoms with E-state index in [9.17, 15) is 51.0 Å². The molecule has 0 bridgehead atoms. The van der Waals surface area contributed by atoms with Crippen molar-refractivity contribution in [2.24, 2.45) is 5.73 Å². The summed E-state index contributed by atoms with van der Waals surface area (Å²) < 4.78 is 78.2. The van der Waals surface area contributed by atoms with Crippen LogP contribution in [0.1, 0.15) is 35.1 Å². The first-order valence-corrected chi connectivity index (χ1v) is 16.1. The Labute approximate surface area is 257 Å². The lowest BCUT2D eigenvalue weighted by molar-refractivity contribution is -0.142. The molecule has 0 heterocycles. The average molecular weight is 701 g/mol. The van der Waals surface area contributed by atoms with Crippen molar-refractivity contribution in [3.05, 3.63) is 70.8 Å². The average Bonchev–Trinajstić information content (AvgIpc) is 2.94. The summed E-state index contributed by atoms with van der Waals surface area (Å²) in [6.45, 7) is 0. The number of aliphatic carboxylic acids is 2. The number of nitrogens with one attached hydrogen (secondary N) is 2. The zero-order valence-corrected chi connectivity index (χ0v) is 25.1. The van der Waals surface area contributed by atoms with Crippen LogP contribution in [0.4, 0.5) is 17.6 Å². The van der Waals surface area contributed by atoms with Gasteiger partial charge in [0.1, 0.15) is 12.1 Å². The number of benzene rings is 2. The van der Waals surface area contributed by atoms with Crippen LogP contribution in [-0.2, 0) is 52.5 Å². The van der Waals surface area contributed by atoms with Gasteiger partial charge >= 0.3 is 38.5 Å². The number of carbonyl (C=O) groups is 4. The summed E-state index contributed by atoms with van der Waals surface area (Å²) >= 11 is 0. The zero-order valence-electron chi connectivity index (χ0n) is 23.3. The van der Waals surface area contributed by atoms with Crippen LogP contribution in [-0.4, -0.2) is 71.7 Å². The molecule has 0 saturated carbocycles. The third-order valence-electron chi connectivity index (χ3n) is 6.47. The molecule has 2 aromatic rings. The highest BCUT2D eigenvalue weighted by molar-refractivity contribution is 7.52. The van der Waals surface area contributed by atoms with E-state index in [0.29, 0.717) is 24.3 Å². The Morgan fingerprint density at radius 1 is 0.696 bits per heavy atom. The van der Waals surface area contributed by atoms with Crippen LogP contribution < -0.4 is 16.4 Å². The lowest BCUT2D eigenvalue weighted by Gasteiger charge is -2.24. The lowest BCUT2D eigenvalue weighted by atomic mass is 10.0. The largest absolute Gasteiger partial charge is 0.481 e. The Hall–Kier alpha value is -3.70. The maximum absolute atomic E-state index is 14.0. The second kappa shape index (κ2) is 14.8. The van der Waals surface area contributed by atoms with Crippen molar-refractivity contribution in [2.75, 3.05) is 0 Å². The van der Waals surface area contributed by atoms with Crippen molar-refractivity contribution in [2.45, 2.75) is 55.1 Å². The maximum Gasteiger partial charge on any atom is 0.399 e. The van der Waals surface area contributed by atoms with Gasteiger partial charge in [-0.25, -0.2) is 4.79 Å². The zero-order chi connectivity index (χ0) is 35.3. The van der Waals surface area contributed by atoms with Crippen molar-refractivity contribution in [1.29, 1.82) is 0 Å². The Kier molecular flexibility index (Phi) is 12.4. The Morgan fingerprint density at radius 3 is 1.41 bits per heavy atom. The number of nitrogens with two attached hydrogens (primary N) is 1. The highest BCUT2D eigenvalue weighted by Gasteiger charge is 2.51. The van der Waals surface area contributed by atoms with Crippen LogP contribution in [0.25, 0.3) is 0 Å². The van der Waals surface area contributed by atoms with Gasteiger partial charge in [0.05, 0.1) is 6.04 Å². The number of hydrogen-bond donors (Lipinski definition) is 9. The molecule has 2 amide bonds. The van der Waals surface area contributed by atoms with Crippen molar-refractivity contribution in [3.63, 3.8) is 0 Å². The molecule has 0 aliphatic heterocycles. The molecular formula is C25H29F4N3O12P2. The second-order valence-corrected chi connectivity index (χ2v) is 13.3. The normalized spacial score (nSPS) is 14.5. The molecule has 46 heavy (non-hydrogen) atoms. The topological polar surface area (TPSA) is 274 Å². The molecule has 0 unspecified atom stereocenters. The van der Waals surface area contributed by atoms with Gasteiger partial charge in [-0.15, -0.1) is 0 Å². The van der Waals surface area contributed by atoms with Crippen molar-refractivity contribution < 1.29 is 75.7 Å². The van der Waals surface area contributed by atoms with Gasteiger partial charge in [-0.05, 0) is 17.5 Å². The molecule has 21 heteroatoms. The minimum absolute atomic E-state index is 0.0239. The fraction of sp³-hybridized carbons (Fsp3) is 0.360. The van der Waals surface area contributed by atoms with Crippen molar-refractivity contribution in [1.82, 2.24) is 10.6 Å². The van der Waals surface area contributed by atoms with Gasteiger partial charge in [-0.3, -0.25) is 23.5 Å². The first kappa shape index (κ1) is 38.5. The summed E-state index contributed by atoms with van der Waals surface area (Å²) in [5.74, 6) is -5.13. The third-order valence-corrected chi connectivity index (χ3v) is 8.45. The molecule has 254 valence electrons.